The Labute approximate surface area is 139 Å². The molecule has 116 valence electrons. The highest BCUT2D eigenvalue weighted by Crippen LogP contribution is 2.10. The van der Waals surface area contributed by atoms with Gasteiger partial charge in [-0.15, -0.1) is 0 Å². The molecule has 0 amide bonds. The van der Waals surface area contributed by atoms with E-state index in [2.05, 4.69) is 17.4 Å². The van der Waals surface area contributed by atoms with Crippen molar-refractivity contribution in [1.82, 2.24) is 3.96 Å². The number of hydrogen-bond acceptors (Lipinski definition) is 3. The SMILES string of the molecule is Cc1cc(=N)n(C(=NCc2ccccc2)Nc2ccccc2)s1. The molecular formula is C18H18N4S. The molecule has 0 aliphatic heterocycles. The minimum atomic E-state index is 0.433. The van der Waals surface area contributed by atoms with Gasteiger partial charge in [-0.1, -0.05) is 60.1 Å². The summed E-state index contributed by atoms with van der Waals surface area (Å²) < 4.78 is 1.81. The fourth-order valence-corrected chi connectivity index (χ4v) is 2.98. The van der Waals surface area contributed by atoms with Gasteiger partial charge >= 0.3 is 0 Å². The molecule has 3 aromatic rings. The van der Waals surface area contributed by atoms with Crippen LogP contribution in [0.1, 0.15) is 10.4 Å². The van der Waals surface area contributed by atoms with Crippen molar-refractivity contribution in [3.63, 3.8) is 0 Å². The number of hydrogen-bond donors (Lipinski definition) is 2. The molecule has 0 bridgehead atoms. The molecule has 0 spiro atoms. The number of para-hydroxylation sites is 1. The van der Waals surface area contributed by atoms with Gasteiger partial charge in [0, 0.05) is 10.6 Å². The standard InChI is InChI=1S/C18H18N4S/c1-14-12-17(19)22(23-14)18(21-16-10-6-3-7-11-16)20-13-15-8-4-2-5-9-15/h2-12,19H,13H2,1H3,(H,20,21). The van der Waals surface area contributed by atoms with E-state index in [0.717, 1.165) is 16.1 Å². The summed E-state index contributed by atoms with van der Waals surface area (Å²) in [4.78, 5) is 5.77. The van der Waals surface area contributed by atoms with Crippen molar-refractivity contribution in [1.29, 1.82) is 5.41 Å². The van der Waals surface area contributed by atoms with Crippen LogP contribution in [-0.2, 0) is 6.54 Å². The molecule has 0 aliphatic carbocycles. The highest BCUT2D eigenvalue weighted by atomic mass is 32.1. The van der Waals surface area contributed by atoms with E-state index in [1.54, 1.807) is 0 Å². The quantitative estimate of drug-likeness (QED) is 0.558. The summed E-state index contributed by atoms with van der Waals surface area (Å²) in [7, 11) is 0. The molecule has 3 rings (SSSR count). The average molecular weight is 322 g/mol. The number of nitrogens with one attached hydrogen (secondary N) is 2. The largest absolute Gasteiger partial charge is 0.325 e. The van der Waals surface area contributed by atoms with Gasteiger partial charge in [-0.25, -0.2) is 8.95 Å². The Bertz CT molecular complexity index is 847. The first-order chi connectivity index (χ1) is 11.2. The number of aromatic nitrogens is 1. The number of aryl methyl sites for hydroxylation is 1. The Hall–Kier alpha value is -2.66. The van der Waals surface area contributed by atoms with Crippen molar-refractivity contribution < 1.29 is 0 Å². The predicted molar refractivity (Wildman–Crippen MR) is 95.9 cm³/mol. The molecule has 23 heavy (non-hydrogen) atoms. The highest BCUT2D eigenvalue weighted by Gasteiger charge is 2.07. The van der Waals surface area contributed by atoms with Gasteiger partial charge in [0.2, 0.25) is 5.96 Å². The van der Waals surface area contributed by atoms with Gasteiger partial charge in [-0.2, -0.15) is 0 Å². The number of nitrogens with zero attached hydrogens (tertiary/aromatic N) is 2. The predicted octanol–water partition coefficient (Wildman–Crippen LogP) is 3.85. The lowest BCUT2D eigenvalue weighted by molar-refractivity contribution is 1.01. The van der Waals surface area contributed by atoms with Crippen molar-refractivity contribution in [3.05, 3.63) is 82.7 Å². The van der Waals surface area contributed by atoms with E-state index in [9.17, 15) is 0 Å². The first kappa shape index (κ1) is 15.2. The molecule has 0 saturated heterocycles. The molecule has 0 saturated carbocycles. The van der Waals surface area contributed by atoms with E-state index in [1.807, 2.05) is 65.5 Å². The number of anilines is 1. The van der Waals surface area contributed by atoms with E-state index in [-0.39, 0.29) is 0 Å². The maximum atomic E-state index is 8.12. The molecular weight excluding hydrogens is 304 g/mol. The Morgan fingerprint density at radius 2 is 1.74 bits per heavy atom. The maximum absolute atomic E-state index is 8.12. The van der Waals surface area contributed by atoms with Crippen LogP contribution in [0, 0.1) is 12.3 Å². The zero-order valence-electron chi connectivity index (χ0n) is 12.9. The van der Waals surface area contributed by atoms with E-state index in [1.165, 1.54) is 11.5 Å². The molecule has 2 N–H and O–H groups in total. The second-order valence-electron chi connectivity index (χ2n) is 5.14. The van der Waals surface area contributed by atoms with E-state index in [0.29, 0.717) is 18.0 Å². The molecule has 0 radical (unpaired) electrons. The van der Waals surface area contributed by atoms with Gasteiger partial charge in [-0.3, -0.25) is 5.41 Å². The first-order valence-electron chi connectivity index (χ1n) is 7.38. The van der Waals surface area contributed by atoms with Crippen LogP contribution in [0.2, 0.25) is 0 Å². The third-order valence-electron chi connectivity index (χ3n) is 3.27. The Morgan fingerprint density at radius 3 is 2.35 bits per heavy atom. The summed E-state index contributed by atoms with van der Waals surface area (Å²) in [6, 6.07) is 21.9. The summed E-state index contributed by atoms with van der Waals surface area (Å²) in [6.45, 7) is 2.57. The second-order valence-corrected chi connectivity index (χ2v) is 6.33. The minimum Gasteiger partial charge on any atom is -0.325 e. The third-order valence-corrected chi connectivity index (χ3v) is 4.23. The lowest BCUT2D eigenvalue weighted by Gasteiger charge is -2.10. The molecule has 1 aromatic heterocycles. The zero-order chi connectivity index (χ0) is 16.1. The van der Waals surface area contributed by atoms with Crippen LogP contribution in [0.4, 0.5) is 5.69 Å². The van der Waals surface area contributed by atoms with Crippen LogP contribution in [0.25, 0.3) is 0 Å². The van der Waals surface area contributed by atoms with Gasteiger partial charge in [0.05, 0.1) is 6.54 Å². The highest BCUT2D eigenvalue weighted by molar-refractivity contribution is 7.07. The van der Waals surface area contributed by atoms with Crippen LogP contribution in [0.3, 0.4) is 0 Å². The monoisotopic (exact) mass is 322 g/mol. The van der Waals surface area contributed by atoms with Gasteiger partial charge in [0.15, 0.2) is 0 Å². The van der Waals surface area contributed by atoms with Crippen molar-refractivity contribution >= 4 is 23.2 Å². The smallest absolute Gasteiger partial charge is 0.218 e. The minimum absolute atomic E-state index is 0.433. The van der Waals surface area contributed by atoms with E-state index >= 15 is 0 Å². The molecule has 0 atom stereocenters. The Kier molecular flexibility index (Phi) is 4.68. The molecule has 2 aromatic carbocycles. The zero-order valence-corrected chi connectivity index (χ0v) is 13.7. The second kappa shape index (κ2) is 7.07. The average Bonchev–Trinajstić information content (AvgIpc) is 2.92. The molecule has 0 aliphatic rings. The van der Waals surface area contributed by atoms with Crippen molar-refractivity contribution in [2.45, 2.75) is 13.5 Å². The van der Waals surface area contributed by atoms with Crippen LogP contribution in [-0.4, -0.2) is 9.92 Å². The molecule has 0 unspecified atom stereocenters. The third kappa shape index (κ3) is 3.96. The summed E-state index contributed by atoms with van der Waals surface area (Å²) in [5, 5.41) is 11.4. The first-order valence-corrected chi connectivity index (χ1v) is 8.15. The van der Waals surface area contributed by atoms with Crippen molar-refractivity contribution in [2.75, 3.05) is 5.32 Å². The molecule has 0 fully saturated rings. The van der Waals surface area contributed by atoms with Crippen molar-refractivity contribution in [3.8, 4) is 0 Å². The van der Waals surface area contributed by atoms with Gasteiger partial charge in [0.25, 0.3) is 0 Å². The molecule has 4 nitrogen and oxygen atoms in total. The summed E-state index contributed by atoms with van der Waals surface area (Å²) in [5.74, 6) is 0.670. The van der Waals surface area contributed by atoms with Gasteiger partial charge < -0.3 is 5.32 Å². The molecule has 1 heterocycles. The lowest BCUT2D eigenvalue weighted by Crippen LogP contribution is -2.28. The number of benzene rings is 2. The van der Waals surface area contributed by atoms with Crippen LogP contribution in [0.15, 0.2) is 71.7 Å². The van der Waals surface area contributed by atoms with Crippen LogP contribution >= 0.6 is 11.5 Å². The summed E-state index contributed by atoms with van der Waals surface area (Å²) in [5.41, 5.74) is 2.53. The molecule has 5 heteroatoms. The normalized spacial score (nSPS) is 11.4. The summed E-state index contributed by atoms with van der Waals surface area (Å²) >= 11 is 1.51. The topological polar surface area (TPSA) is 53.2 Å². The Morgan fingerprint density at radius 1 is 1.09 bits per heavy atom. The van der Waals surface area contributed by atoms with Crippen LogP contribution in [0.5, 0.6) is 0 Å². The fourth-order valence-electron chi connectivity index (χ4n) is 2.18. The Balaban J connectivity index is 1.93. The number of rotatable bonds is 3. The fraction of sp³-hybridized carbons (Fsp3) is 0.111. The van der Waals surface area contributed by atoms with E-state index in [4.69, 9.17) is 10.4 Å². The van der Waals surface area contributed by atoms with Gasteiger partial charge in [-0.05, 0) is 30.7 Å². The summed E-state index contributed by atoms with van der Waals surface area (Å²) in [6.07, 6.45) is 0. The number of aliphatic imine (C=N–C) groups is 1. The van der Waals surface area contributed by atoms with E-state index < -0.39 is 0 Å². The lowest BCUT2D eigenvalue weighted by atomic mass is 10.2. The van der Waals surface area contributed by atoms with Crippen LogP contribution < -0.4 is 10.8 Å². The van der Waals surface area contributed by atoms with Gasteiger partial charge in [0.1, 0.15) is 5.49 Å². The maximum Gasteiger partial charge on any atom is 0.218 e. The van der Waals surface area contributed by atoms with Crippen molar-refractivity contribution in [2.24, 2.45) is 4.99 Å².